The summed E-state index contributed by atoms with van der Waals surface area (Å²) in [5.74, 6) is -2.34. The Bertz CT molecular complexity index is 1770. The van der Waals surface area contributed by atoms with Crippen LogP contribution >= 0.6 is 35.0 Å². The van der Waals surface area contributed by atoms with Crippen LogP contribution in [0.25, 0.3) is 11.3 Å². The van der Waals surface area contributed by atoms with E-state index in [0.717, 1.165) is 28.8 Å². The Morgan fingerprint density at radius 3 is 2.30 bits per heavy atom. The highest BCUT2D eigenvalue weighted by molar-refractivity contribution is 8.00. The van der Waals surface area contributed by atoms with Gasteiger partial charge in [-0.2, -0.15) is 18.3 Å². The average molecular weight is 661 g/mol. The molecule has 1 saturated heterocycles. The van der Waals surface area contributed by atoms with Crippen LogP contribution in [0.5, 0.6) is 0 Å². The number of anilines is 1. The first-order chi connectivity index (χ1) is 20.9. The molecular weight excluding hydrogens is 644 g/mol. The summed E-state index contributed by atoms with van der Waals surface area (Å²) in [4.78, 5) is 55.9. The molecule has 224 valence electrons. The molecule has 44 heavy (non-hydrogen) atoms. The van der Waals surface area contributed by atoms with Crippen molar-refractivity contribution in [3.8, 4) is 11.3 Å². The van der Waals surface area contributed by atoms with E-state index in [2.05, 4.69) is 15.2 Å². The van der Waals surface area contributed by atoms with Crippen LogP contribution in [-0.2, 0) is 20.5 Å². The molecule has 0 radical (unpaired) electrons. The summed E-state index contributed by atoms with van der Waals surface area (Å²) in [6.45, 7) is -0.544. The van der Waals surface area contributed by atoms with E-state index in [4.69, 9.17) is 27.9 Å². The average Bonchev–Trinajstić information content (AvgIpc) is 3.28. The number of esters is 1. The predicted octanol–water partition coefficient (Wildman–Crippen LogP) is 6.33. The van der Waals surface area contributed by atoms with Gasteiger partial charge in [0, 0.05) is 17.5 Å². The van der Waals surface area contributed by atoms with E-state index < -0.39 is 47.2 Å². The van der Waals surface area contributed by atoms with E-state index in [1.165, 1.54) is 60.8 Å². The van der Waals surface area contributed by atoms with Crippen molar-refractivity contribution in [1.82, 2.24) is 15.2 Å². The van der Waals surface area contributed by atoms with Crippen LogP contribution < -0.4 is 4.90 Å². The third-order valence-corrected chi connectivity index (χ3v) is 8.11. The molecule has 15 heteroatoms. The zero-order chi connectivity index (χ0) is 31.6. The predicted molar refractivity (Wildman–Crippen MR) is 155 cm³/mol. The molecule has 1 fully saturated rings. The molecule has 0 bridgehead atoms. The molecule has 1 unspecified atom stereocenters. The number of carbonyl (C=O) groups is 4. The molecule has 2 heterocycles. The monoisotopic (exact) mass is 660 g/mol. The normalized spacial score (nSPS) is 15.0. The fourth-order valence-corrected chi connectivity index (χ4v) is 5.34. The lowest BCUT2D eigenvalue weighted by Crippen LogP contribution is -2.31. The summed E-state index contributed by atoms with van der Waals surface area (Å²) in [6.07, 6.45) is -3.38. The van der Waals surface area contributed by atoms with E-state index in [1.807, 2.05) is 0 Å². The summed E-state index contributed by atoms with van der Waals surface area (Å²) in [5, 5.41) is 7.34. The molecule has 1 aliphatic heterocycles. The molecule has 4 aromatic rings. The quantitative estimate of drug-likeness (QED) is 0.121. The minimum atomic E-state index is -4.48. The van der Waals surface area contributed by atoms with Gasteiger partial charge in [0.25, 0.3) is 0 Å². The molecule has 1 atom stereocenters. The number of carbonyl (C=O) groups excluding carboxylic acids is 4. The summed E-state index contributed by atoms with van der Waals surface area (Å²) in [6, 6.07) is 14.1. The number of halogens is 5. The van der Waals surface area contributed by atoms with Crippen LogP contribution in [0.4, 0.5) is 18.9 Å². The van der Waals surface area contributed by atoms with E-state index in [0.29, 0.717) is 5.56 Å². The molecule has 0 N–H and O–H groups in total. The van der Waals surface area contributed by atoms with Gasteiger partial charge in [-0.05, 0) is 54.6 Å². The van der Waals surface area contributed by atoms with E-state index >= 15 is 0 Å². The van der Waals surface area contributed by atoms with Crippen molar-refractivity contribution in [2.24, 2.45) is 0 Å². The second-order valence-corrected chi connectivity index (χ2v) is 11.2. The molecule has 0 spiro atoms. The number of nitrogens with zero attached hydrogens (tertiary/aromatic N) is 4. The Kier molecular flexibility index (Phi) is 9.00. The van der Waals surface area contributed by atoms with Crippen molar-refractivity contribution in [1.29, 1.82) is 0 Å². The van der Waals surface area contributed by atoms with E-state index in [-0.39, 0.29) is 44.1 Å². The van der Waals surface area contributed by atoms with E-state index in [9.17, 15) is 32.3 Å². The van der Waals surface area contributed by atoms with Gasteiger partial charge in [-0.25, -0.2) is 14.7 Å². The third-order valence-electron chi connectivity index (χ3n) is 6.34. The van der Waals surface area contributed by atoms with Gasteiger partial charge >= 0.3 is 12.1 Å². The molecule has 0 saturated carbocycles. The topological polar surface area (TPSA) is 119 Å². The van der Waals surface area contributed by atoms with Gasteiger partial charge in [-0.3, -0.25) is 14.4 Å². The maximum absolute atomic E-state index is 13.1. The molecule has 1 aliphatic rings. The van der Waals surface area contributed by atoms with Crippen LogP contribution in [0.2, 0.25) is 10.0 Å². The highest BCUT2D eigenvalue weighted by Crippen LogP contribution is 2.34. The molecule has 3 aromatic carbocycles. The van der Waals surface area contributed by atoms with Crippen molar-refractivity contribution in [2.75, 3.05) is 11.5 Å². The van der Waals surface area contributed by atoms with Gasteiger partial charge in [-0.15, -0.1) is 5.10 Å². The van der Waals surface area contributed by atoms with Gasteiger partial charge in [0.2, 0.25) is 17.0 Å². The maximum atomic E-state index is 13.1. The zero-order valence-corrected chi connectivity index (χ0v) is 24.4. The van der Waals surface area contributed by atoms with Crippen LogP contribution in [0.15, 0.2) is 78.1 Å². The fourth-order valence-electron chi connectivity index (χ4n) is 4.11. The summed E-state index contributed by atoms with van der Waals surface area (Å²) < 4.78 is 43.7. The Labute approximate surface area is 261 Å². The van der Waals surface area contributed by atoms with Crippen molar-refractivity contribution in [2.45, 2.75) is 23.0 Å². The molecule has 2 amide bonds. The number of aromatic nitrogens is 3. The number of hydrogen-bond donors (Lipinski definition) is 0. The van der Waals surface area contributed by atoms with Crippen LogP contribution in [0.1, 0.15) is 32.7 Å². The molecule has 1 aromatic heterocycles. The van der Waals surface area contributed by atoms with Crippen LogP contribution in [-0.4, -0.2) is 50.6 Å². The lowest BCUT2D eigenvalue weighted by Gasteiger charge is -2.15. The van der Waals surface area contributed by atoms with Crippen LogP contribution in [0.3, 0.4) is 0 Å². The van der Waals surface area contributed by atoms with Crippen molar-refractivity contribution in [3.05, 3.63) is 99.7 Å². The summed E-state index contributed by atoms with van der Waals surface area (Å²) in [5.41, 5.74) is 0.305. The number of Topliss-reactive ketones (excluding diaryl/α,β-unsaturated/α-hetero) is 1. The van der Waals surface area contributed by atoms with Gasteiger partial charge in [0.1, 0.15) is 5.25 Å². The SMILES string of the molecule is O=C(COC(=O)c1ccc(N2C(=O)CC(Sc3nncc(-c4ccc(C(F)(F)F)cc4)n3)C2=O)cc1)c1ccc(Cl)c(Cl)c1. The van der Waals surface area contributed by atoms with Crippen LogP contribution in [0, 0.1) is 0 Å². The highest BCUT2D eigenvalue weighted by atomic mass is 35.5. The first-order valence-corrected chi connectivity index (χ1v) is 14.2. The number of alkyl halides is 3. The number of ketones is 1. The highest BCUT2D eigenvalue weighted by Gasteiger charge is 2.41. The molecule has 5 rings (SSSR count). The van der Waals surface area contributed by atoms with Crippen molar-refractivity contribution >= 4 is 64.2 Å². The number of rotatable bonds is 8. The second kappa shape index (κ2) is 12.7. The first-order valence-electron chi connectivity index (χ1n) is 12.6. The number of amides is 2. The third kappa shape index (κ3) is 6.90. The lowest BCUT2D eigenvalue weighted by atomic mass is 10.1. The summed E-state index contributed by atoms with van der Waals surface area (Å²) in [7, 11) is 0. The first kappa shape index (κ1) is 31.1. The number of benzene rings is 3. The Hall–Kier alpha value is -4.33. The minimum absolute atomic E-state index is 0.0592. The smallest absolute Gasteiger partial charge is 0.416 e. The van der Waals surface area contributed by atoms with Crippen molar-refractivity contribution in [3.63, 3.8) is 0 Å². The zero-order valence-electron chi connectivity index (χ0n) is 22.0. The number of imide groups is 1. The lowest BCUT2D eigenvalue weighted by molar-refractivity contribution is -0.137. The van der Waals surface area contributed by atoms with E-state index in [1.54, 1.807) is 0 Å². The summed E-state index contributed by atoms with van der Waals surface area (Å²) >= 11 is 12.7. The largest absolute Gasteiger partial charge is 0.454 e. The Morgan fingerprint density at radius 2 is 1.64 bits per heavy atom. The fraction of sp³-hybridized carbons (Fsp3) is 0.138. The minimum Gasteiger partial charge on any atom is -0.454 e. The Morgan fingerprint density at radius 1 is 0.955 bits per heavy atom. The number of thioether (sulfide) groups is 1. The Balaban J connectivity index is 1.21. The van der Waals surface area contributed by atoms with Crippen molar-refractivity contribution < 1.29 is 37.1 Å². The standard InChI is InChI=1S/C29H17Cl2F3N4O5S/c30-20-10-5-17(11-21(20)31)23(39)14-43-27(42)16-3-8-19(9-4-16)38-25(40)12-24(26(38)41)44-28-36-22(13-35-37-28)15-1-6-18(7-2-15)29(32,33)34/h1-11,13,24H,12,14H2. The van der Waals surface area contributed by atoms with Gasteiger partial charge in [-0.1, -0.05) is 47.1 Å². The van der Waals surface area contributed by atoms with Gasteiger partial charge < -0.3 is 4.74 Å². The molecule has 9 nitrogen and oxygen atoms in total. The number of hydrogen-bond acceptors (Lipinski definition) is 9. The van der Waals surface area contributed by atoms with Gasteiger partial charge in [0.15, 0.2) is 12.4 Å². The van der Waals surface area contributed by atoms with Gasteiger partial charge in [0.05, 0.1) is 38.8 Å². The second-order valence-electron chi connectivity index (χ2n) is 9.25. The molecule has 0 aliphatic carbocycles. The molecular formula is C29H17Cl2F3N4O5S. The number of ether oxygens (including phenoxy) is 1. The maximum Gasteiger partial charge on any atom is 0.416 e.